The van der Waals surface area contributed by atoms with Gasteiger partial charge in [-0.25, -0.2) is 21.6 Å². The van der Waals surface area contributed by atoms with Gasteiger partial charge in [0.15, 0.2) is 14.9 Å². The fraction of sp³-hybridized carbons (Fsp3) is 0.875. The Morgan fingerprint density at radius 3 is 2.12 bits per heavy atom. The average molecular weight is 285 g/mol. The minimum atomic E-state index is -4.00. The van der Waals surface area contributed by atoms with Gasteiger partial charge in [-0.1, -0.05) is 0 Å². The number of nitrogens with one attached hydrogen (secondary N) is 1. The van der Waals surface area contributed by atoms with Gasteiger partial charge in [0.1, 0.15) is 0 Å². The van der Waals surface area contributed by atoms with Crippen molar-refractivity contribution in [3.8, 4) is 0 Å². The molecule has 0 saturated heterocycles. The smallest absolute Gasteiger partial charge is 0.305 e. The predicted octanol–water partition coefficient (Wildman–Crippen LogP) is -0.695. The lowest BCUT2D eigenvalue weighted by atomic mass is 9.75. The van der Waals surface area contributed by atoms with E-state index in [1.165, 1.54) is 0 Å². The third kappa shape index (κ3) is 4.60. The molecule has 7 nitrogen and oxygen atoms in total. The van der Waals surface area contributed by atoms with Crippen molar-refractivity contribution in [2.45, 2.75) is 31.2 Å². The molecule has 1 fully saturated rings. The van der Waals surface area contributed by atoms with Gasteiger partial charge < -0.3 is 5.11 Å². The van der Waals surface area contributed by atoms with Crippen LogP contribution in [0, 0.1) is 0 Å². The van der Waals surface area contributed by atoms with Crippen LogP contribution in [0.15, 0.2) is 0 Å². The molecule has 0 aromatic rings. The van der Waals surface area contributed by atoms with Crippen LogP contribution < -0.4 is 4.72 Å². The van der Waals surface area contributed by atoms with Crippen LogP contribution in [0.1, 0.15) is 25.7 Å². The highest BCUT2D eigenvalue weighted by molar-refractivity contribution is 8.06. The molecule has 0 amide bonds. The summed E-state index contributed by atoms with van der Waals surface area (Å²) in [6.07, 6.45) is 2.06. The summed E-state index contributed by atoms with van der Waals surface area (Å²) in [5, 5.41) is 7.68. The predicted molar refractivity (Wildman–Crippen MR) is 60.6 cm³/mol. The number of carboxylic acids is 1. The van der Waals surface area contributed by atoms with Crippen LogP contribution in [0.5, 0.6) is 0 Å². The number of hydrogen-bond donors (Lipinski definition) is 2. The molecule has 1 rings (SSSR count). The second-order valence-electron chi connectivity index (χ2n) is 4.46. The first kappa shape index (κ1) is 14.4. The van der Waals surface area contributed by atoms with Crippen LogP contribution in [-0.2, 0) is 24.7 Å². The number of carboxylic acid groups (broad SMARTS) is 1. The van der Waals surface area contributed by atoms with Crippen molar-refractivity contribution in [3.05, 3.63) is 0 Å². The average Bonchev–Trinajstić information content (AvgIpc) is 1.93. The molecule has 9 heteroatoms. The molecule has 1 aliphatic rings. The maximum Gasteiger partial charge on any atom is 0.305 e. The molecule has 17 heavy (non-hydrogen) atoms. The van der Waals surface area contributed by atoms with Crippen LogP contribution in [0.3, 0.4) is 0 Å². The van der Waals surface area contributed by atoms with Crippen molar-refractivity contribution < 1.29 is 26.7 Å². The van der Waals surface area contributed by atoms with Gasteiger partial charge in [-0.15, -0.1) is 0 Å². The Bertz CT molecular complexity index is 502. The fourth-order valence-corrected chi connectivity index (χ4v) is 5.28. The Morgan fingerprint density at radius 1 is 1.29 bits per heavy atom. The summed E-state index contributed by atoms with van der Waals surface area (Å²) >= 11 is 0. The standard InChI is InChI=1S/C8H15NO6S2/c1-16(12,13)6-17(14,15)9-8(3-2-4-8)5-7(10)11/h9H,2-6H2,1H3,(H,10,11). The zero-order valence-electron chi connectivity index (χ0n) is 9.34. The highest BCUT2D eigenvalue weighted by atomic mass is 32.3. The zero-order chi connectivity index (χ0) is 13.3. The number of rotatable bonds is 6. The molecule has 1 aliphatic carbocycles. The fourth-order valence-electron chi connectivity index (χ4n) is 1.85. The highest BCUT2D eigenvalue weighted by Gasteiger charge is 2.42. The summed E-state index contributed by atoms with van der Waals surface area (Å²) in [4.78, 5) is 10.6. The van der Waals surface area contributed by atoms with Crippen LogP contribution in [0.25, 0.3) is 0 Å². The van der Waals surface area contributed by atoms with E-state index in [4.69, 9.17) is 5.11 Å². The summed E-state index contributed by atoms with van der Waals surface area (Å²) in [5.41, 5.74) is -1.00. The van der Waals surface area contributed by atoms with Crippen molar-refractivity contribution in [1.29, 1.82) is 0 Å². The first-order chi connectivity index (χ1) is 7.54. The molecule has 1 saturated carbocycles. The lowest BCUT2D eigenvalue weighted by Crippen LogP contribution is -2.55. The summed E-state index contributed by atoms with van der Waals surface area (Å²) in [6, 6.07) is 0. The third-order valence-electron chi connectivity index (χ3n) is 2.54. The summed E-state index contributed by atoms with van der Waals surface area (Å²) < 4.78 is 47.2. The van der Waals surface area contributed by atoms with Gasteiger partial charge >= 0.3 is 5.97 Å². The Hall–Kier alpha value is -0.670. The van der Waals surface area contributed by atoms with E-state index in [9.17, 15) is 21.6 Å². The van der Waals surface area contributed by atoms with Crippen molar-refractivity contribution in [3.63, 3.8) is 0 Å². The van der Waals surface area contributed by atoms with Gasteiger partial charge in [0, 0.05) is 11.8 Å². The Balaban J connectivity index is 2.78. The molecule has 0 aromatic heterocycles. The van der Waals surface area contributed by atoms with E-state index < -0.39 is 36.5 Å². The topological polar surface area (TPSA) is 118 Å². The minimum Gasteiger partial charge on any atom is -0.481 e. The first-order valence-electron chi connectivity index (χ1n) is 4.95. The molecule has 2 N–H and O–H groups in total. The molecule has 0 bridgehead atoms. The molecular formula is C8H15NO6S2. The molecule has 0 aromatic carbocycles. The SMILES string of the molecule is CS(=O)(=O)CS(=O)(=O)NC1(CC(=O)O)CCC1. The molecule has 0 aliphatic heterocycles. The lowest BCUT2D eigenvalue weighted by molar-refractivity contribution is -0.139. The van der Waals surface area contributed by atoms with Gasteiger partial charge in [0.25, 0.3) is 0 Å². The summed E-state index contributed by atoms with van der Waals surface area (Å²) in [6.45, 7) is 0. The molecule has 0 heterocycles. The summed E-state index contributed by atoms with van der Waals surface area (Å²) in [5.74, 6) is -1.10. The van der Waals surface area contributed by atoms with Crippen molar-refractivity contribution in [1.82, 2.24) is 4.72 Å². The number of hydrogen-bond acceptors (Lipinski definition) is 5. The molecule has 0 atom stereocenters. The Labute approximate surface area is 100 Å². The maximum atomic E-state index is 11.6. The molecule has 100 valence electrons. The van der Waals surface area contributed by atoms with Crippen LogP contribution in [0.2, 0.25) is 0 Å². The van der Waals surface area contributed by atoms with Crippen LogP contribution in [0.4, 0.5) is 0 Å². The number of sulfone groups is 1. The number of aliphatic carboxylic acids is 1. The van der Waals surface area contributed by atoms with Gasteiger partial charge in [-0.3, -0.25) is 4.79 Å². The summed E-state index contributed by atoms with van der Waals surface area (Å²) in [7, 11) is -7.67. The zero-order valence-corrected chi connectivity index (χ0v) is 11.0. The van der Waals surface area contributed by atoms with E-state index in [1.54, 1.807) is 0 Å². The van der Waals surface area contributed by atoms with Crippen molar-refractivity contribution >= 4 is 25.8 Å². The monoisotopic (exact) mass is 285 g/mol. The Kier molecular flexibility index (Phi) is 3.84. The normalized spacial score (nSPS) is 19.6. The third-order valence-corrected chi connectivity index (χ3v) is 6.24. The number of sulfonamides is 1. The lowest BCUT2D eigenvalue weighted by Gasteiger charge is -2.40. The molecule has 0 spiro atoms. The molecule has 0 radical (unpaired) electrons. The maximum absolute atomic E-state index is 11.6. The van der Waals surface area contributed by atoms with E-state index in [0.717, 1.165) is 12.7 Å². The van der Waals surface area contributed by atoms with E-state index in [2.05, 4.69) is 4.72 Å². The highest BCUT2D eigenvalue weighted by Crippen LogP contribution is 2.35. The van der Waals surface area contributed by atoms with Gasteiger partial charge in [-0.2, -0.15) is 0 Å². The van der Waals surface area contributed by atoms with Crippen molar-refractivity contribution in [2.24, 2.45) is 0 Å². The van der Waals surface area contributed by atoms with Crippen molar-refractivity contribution in [2.75, 3.05) is 11.3 Å². The second kappa shape index (κ2) is 4.54. The number of carbonyl (C=O) groups is 1. The van der Waals surface area contributed by atoms with Gasteiger partial charge in [-0.05, 0) is 19.3 Å². The van der Waals surface area contributed by atoms with E-state index in [-0.39, 0.29) is 6.42 Å². The van der Waals surface area contributed by atoms with Crippen LogP contribution >= 0.6 is 0 Å². The quantitative estimate of drug-likeness (QED) is 0.666. The van der Waals surface area contributed by atoms with Crippen LogP contribution in [-0.4, -0.2) is 44.8 Å². The second-order valence-corrected chi connectivity index (χ2v) is 8.69. The first-order valence-corrected chi connectivity index (χ1v) is 8.66. The van der Waals surface area contributed by atoms with E-state index in [1.807, 2.05) is 0 Å². The van der Waals surface area contributed by atoms with E-state index in [0.29, 0.717) is 12.8 Å². The van der Waals surface area contributed by atoms with Gasteiger partial charge in [0.05, 0.1) is 6.42 Å². The largest absolute Gasteiger partial charge is 0.481 e. The molecular weight excluding hydrogens is 270 g/mol. The molecule has 0 unspecified atom stereocenters. The van der Waals surface area contributed by atoms with Gasteiger partial charge in [0.2, 0.25) is 10.0 Å². The Morgan fingerprint density at radius 2 is 1.82 bits per heavy atom. The van der Waals surface area contributed by atoms with E-state index >= 15 is 0 Å². The minimum absolute atomic E-state index is 0.323.